The number of methoxy groups -OCH3 is 1. The molecular formula is C17H26F2N4O3. The van der Waals surface area contributed by atoms with Crippen molar-refractivity contribution in [3.8, 4) is 11.5 Å². The zero-order valence-corrected chi connectivity index (χ0v) is 14.9. The normalized spacial score (nSPS) is 15.9. The van der Waals surface area contributed by atoms with E-state index in [1.807, 2.05) is 0 Å². The highest BCUT2D eigenvalue weighted by Crippen LogP contribution is 2.29. The third-order valence-corrected chi connectivity index (χ3v) is 3.94. The number of hydrogen-bond donors (Lipinski definition) is 2. The molecule has 0 unspecified atom stereocenters. The summed E-state index contributed by atoms with van der Waals surface area (Å²) in [5.41, 5.74) is 6.54. The van der Waals surface area contributed by atoms with Crippen molar-refractivity contribution < 1.29 is 23.0 Å². The van der Waals surface area contributed by atoms with Gasteiger partial charge in [0, 0.05) is 19.6 Å². The summed E-state index contributed by atoms with van der Waals surface area (Å²) in [7, 11) is 1.39. The number of morpholine rings is 1. The van der Waals surface area contributed by atoms with E-state index in [1.165, 1.54) is 13.2 Å². The van der Waals surface area contributed by atoms with Crippen molar-refractivity contribution in [1.82, 2.24) is 10.2 Å². The number of guanidine groups is 1. The Morgan fingerprint density at radius 1 is 1.35 bits per heavy atom. The van der Waals surface area contributed by atoms with Crippen molar-refractivity contribution in [1.29, 1.82) is 0 Å². The first-order chi connectivity index (χ1) is 12.6. The number of hydrogen-bond acceptors (Lipinski definition) is 5. The van der Waals surface area contributed by atoms with E-state index >= 15 is 0 Å². The monoisotopic (exact) mass is 372 g/mol. The number of nitrogens with one attached hydrogen (secondary N) is 1. The molecule has 1 heterocycles. The molecule has 2 rings (SSSR count). The van der Waals surface area contributed by atoms with Crippen LogP contribution in [0.5, 0.6) is 11.5 Å². The number of halogens is 2. The molecule has 1 fully saturated rings. The number of nitrogens with zero attached hydrogens (tertiary/aromatic N) is 2. The molecule has 1 aliphatic rings. The van der Waals surface area contributed by atoms with Gasteiger partial charge in [-0.15, -0.1) is 0 Å². The molecule has 1 aromatic carbocycles. The van der Waals surface area contributed by atoms with Crippen molar-refractivity contribution in [3.05, 3.63) is 23.8 Å². The SMILES string of the molecule is COc1ccc(CN=C(N)NCCCN2CCOCC2)cc1OC(F)F. The molecule has 0 saturated carbocycles. The lowest BCUT2D eigenvalue weighted by Crippen LogP contribution is -2.39. The quantitative estimate of drug-likeness (QED) is 0.388. The van der Waals surface area contributed by atoms with Gasteiger partial charge < -0.3 is 25.3 Å². The predicted octanol–water partition coefficient (Wildman–Crippen LogP) is 1.42. The van der Waals surface area contributed by atoms with Crippen molar-refractivity contribution in [2.24, 2.45) is 10.7 Å². The van der Waals surface area contributed by atoms with Gasteiger partial charge in [0.05, 0.1) is 26.9 Å². The Bertz CT molecular complexity index is 581. The van der Waals surface area contributed by atoms with E-state index < -0.39 is 6.61 Å². The third-order valence-electron chi connectivity index (χ3n) is 3.94. The second kappa shape index (κ2) is 10.8. The molecule has 0 amide bonds. The summed E-state index contributed by atoms with van der Waals surface area (Å²) in [5.74, 6) is 0.540. The molecule has 0 atom stereocenters. The molecule has 146 valence electrons. The molecule has 0 aliphatic carbocycles. The highest BCUT2D eigenvalue weighted by atomic mass is 19.3. The first-order valence-electron chi connectivity index (χ1n) is 8.54. The number of ether oxygens (including phenoxy) is 3. The smallest absolute Gasteiger partial charge is 0.387 e. The van der Waals surface area contributed by atoms with Crippen LogP contribution in [0.25, 0.3) is 0 Å². The fraction of sp³-hybridized carbons (Fsp3) is 0.588. The number of aliphatic imine (C=N–C) groups is 1. The van der Waals surface area contributed by atoms with Gasteiger partial charge in [-0.05, 0) is 30.7 Å². The van der Waals surface area contributed by atoms with Crippen LogP contribution in [0.15, 0.2) is 23.2 Å². The molecule has 7 nitrogen and oxygen atoms in total. The van der Waals surface area contributed by atoms with Gasteiger partial charge in [-0.1, -0.05) is 6.07 Å². The maximum atomic E-state index is 12.4. The van der Waals surface area contributed by atoms with E-state index in [0.29, 0.717) is 11.5 Å². The Balaban J connectivity index is 1.76. The van der Waals surface area contributed by atoms with E-state index in [4.69, 9.17) is 15.2 Å². The van der Waals surface area contributed by atoms with Gasteiger partial charge in [-0.25, -0.2) is 4.99 Å². The summed E-state index contributed by atoms with van der Waals surface area (Å²) in [5, 5.41) is 3.06. The van der Waals surface area contributed by atoms with Crippen LogP contribution >= 0.6 is 0 Å². The average Bonchev–Trinajstić information content (AvgIpc) is 2.64. The lowest BCUT2D eigenvalue weighted by atomic mass is 10.2. The molecule has 0 bridgehead atoms. The van der Waals surface area contributed by atoms with Crippen LogP contribution in [0.1, 0.15) is 12.0 Å². The molecule has 3 N–H and O–H groups in total. The summed E-state index contributed by atoms with van der Waals surface area (Å²) in [4.78, 5) is 6.57. The summed E-state index contributed by atoms with van der Waals surface area (Å²) in [6.07, 6.45) is 0.950. The third kappa shape index (κ3) is 7.01. The summed E-state index contributed by atoms with van der Waals surface area (Å²) in [6.45, 7) is 2.54. The second-order valence-corrected chi connectivity index (χ2v) is 5.80. The highest BCUT2D eigenvalue weighted by molar-refractivity contribution is 5.77. The molecular weight excluding hydrogens is 346 g/mol. The van der Waals surface area contributed by atoms with Crippen LogP contribution in [0.4, 0.5) is 8.78 Å². The largest absolute Gasteiger partial charge is 0.493 e. The first-order valence-corrected chi connectivity index (χ1v) is 8.54. The minimum atomic E-state index is -2.92. The zero-order valence-electron chi connectivity index (χ0n) is 14.9. The Hall–Kier alpha value is -2.13. The fourth-order valence-corrected chi connectivity index (χ4v) is 2.58. The molecule has 1 saturated heterocycles. The fourth-order valence-electron chi connectivity index (χ4n) is 2.58. The number of rotatable bonds is 9. The minimum Gasteiger partial charge on any atom is -0.493 e. The van der Waals surface area contributed by atoms with Gasteiger partial charge in [0.15, 0.2) is 17.5 Å². The standard InChI is InChI=1S/C17H26F2N4O3/c1-24-14-4-3-13(11-15(14)26-16(18)19)12-22-17(20)21-5-2-6-23-7-9-25-10-8-23/h3-4,11,16H,2,5-10,12H2,1H3,(H3,20,21,22). The molecule has 0 spiro atoms. The number of benzene rings is 1. The summed E-state index contributed by atoms with van der Waals surface area (Å²) >= 11 is 0. The minimum absolute atomic E-state index is 0.0211. The van der Waals surface area contributed by atoms with Gasteiger partial charge in [0.25, 0.3) is 0 Å². The van der Waals surface area contributed by atoms with Crippen molar-refractivity contribution in [3.63, 3.8) is 0 Å². The van der Waals surface area contributed by atoms with Gasteiger partial charge in [-0.3, -0.25) is 4.90 Å². The molecule has 0 aromatic heterocycles. The van der Waals surface area contributed by atoms with Crippen LogP contribution in [0.2, 0.25) is 0 Å². The summed E-state index contributed by atoms with van der Waals surface area (Å²) < 4.78 is 39.6. The molecule has 1 aromatic rings. The predicted molar refractivity (Wildman–Crippen MR) is 94.8 cm³/mol. The molecule has 1 aliphatic heterocycles. The molecule has 26 heavy (non-hydrogen) atoms. The zero-order chi connectivity index (χ0) is 18.8. The van der Waals surface area contributed by atoms with Crippen molar-refractivity contribution in [2.75, 3.05) is 46.5 Å². The first kappa shape index (κ1) is 20.2. The lowest BCUT2D eigenvalue weighted by molar-refractivity contribution is -0.0512. The molecule has 9 heteroatoms. The Morgan fingerprint density at radius 2 is 2.12 bits per heavy atom. The van der Waals surface area contributed by atoms with E-state index in [0.717, 1.165) is 45.8 Å². The highest BCUT2D eigenvalue weighted by Gasteiger charge is 2.11. The van der Waals surface area contributed by atoms with Crippen molar-refractivity contribution in [2.45, 2.75) is 19.6 Å². The summed E-state index contributed by atoms with van der Waals surface area (Å²) in [6, 6.07) is 4.76. The van der Waals surface area contributed by atoms with Crippen LogP contribution < -0.4 is 20.5 Å². The van der Waals surface area contributed by atoms with Gasteiger partial charge in [0.1, 0.15) is 0 Å². The Labute approximate surface area is 152 Å². The van der Waals surface area contributed by atoms with E-state index in [-0.39, 0.29) is 18.0 Å². The Morgan fingerprint density at radius 3 is 2.81 bits per heavy atom. The Kier molecular flexibility index (Phi) is 8.36. The maximum absolute atomic E-state index is 12.4. The van der Waals surface area contributed by atoms with Gasteiger partial charge in [0.2, 0.25) is 0 Å². The molecule has 0 radical (unpaired) electrons. The average molecular weight is 372 g/mol. The number of nitrogens with two attached hydrogens (primary N) is 1. The lowest BCUT2D eigenvalue weighted by Gasteiger charge is -2.26. The van der Waals surface area contributed by atoms with E-state index in [1.54, 1.807) is 12.1 Å². The van der Waals surface area contributed by atoms with Gasteiger partial charge in [-0.2, -0.15) is 8.78 Å². The second-order valence-electron chi connectivity index (χ2n) is 5.80. The van der Waals surface area contributed by atoms with Crippen LogP contribution in [0, 0.1) is 0 Å². The van der Waals surface area contributed by atoms with Crippen LogP contribution in [-0.2, 0) is 11.3 Å². The number of alkyl halides is 2. The van der Waals surface area contributed by atoms with Crippen LogP contribution in [0.3, 0.4) is 0 Å². The van der Waals surface area contributed by atoms with E-state index in [2.05, 4.69) is 19.9 Å². The van der Waals surface area contributed by atoms with Crippen LogP contribution in [-0.4, -0.2) is 64.0 Å². The van der Waals surface area contributed by atoms with E-state index in [9.17, 15) is 8.78 Å². The van der Waals surface area contributed by atoms with Gasteiger partial charge >= 0.3 is 6.61 Å². The van der Waals surface area contributed by atoms with Crippen molar-refractivity contribution >= 4 is 5.96 Å². The maximum Gasteiger partial charge on any atom is 0.387 e. The topological polar surface area (TPSA) is 81.3 Å².